The number of hydrogen-bond donors (Lipinski definition) is 3. The van der Waals surface area contributed by atoms with Gasteiger partial charge >= 0.3 is 0 Å². The van der Waals surface area contributed by atoms with E-state index in [4.69, 9.17) is 17.3 Å². The number of nitrogens with one attached hydrogen (secondary N) is 2. The fraction of sp³-hybridized carbons (Fsp3) is 0.400. The van der Waals surface area contributed by atoms with E-state index in [2.05, 4.69) is 10.6 Å². The van der Waals surface area contributed by atoms with Crippen molar-refractivity contribution >= 4 is 34.8 Å². The molecule has 1 rings (SSSR count). The van der Waals surface area contributed by atoms with Crippen molar-refractivity contribution in [1.82, 2.24) is 10.6 Å². The summed E-state index contributed by atoms with van der Waals surface area (Å²) in [6.45, 7) is 1.66. The summed E-state index contributed by atoms with van der Waals surface area (Å²) >= 11 is 7.21. The van der Waals surface area contributed by atoms with Crippen LogP contribution in [0.3, 0.4) is 0 Å². The van der Waals surface area contributed by atoms with Gasteiger partial charge in [0.15, 0.2) is 0 Å². The molecule has 0 bridgehead atoms. The van der Waals surface area contributed by atoms with Gasteiger partial charge in [0.05, 0.1) is 23.5 Å². The summed E-state index contributed by atoms with van der Waals surface area (Å²) in [5, 5.41) is 5.14. The van der Waals surface area contributed by atoms with Crippen molar-refractivity contribution in [1.29, 1.82) is 0 Å². The molecule has 0 spiro atoms. The Morgan fingerprint density at radius 2 is 2.18 bits per heavy atom. The van der Waals surface area contributed by atoms with Gasteiger partial charge in [-0.05, 0) is 19.1 Å². The van der Waals surface area contributed by atoms with Crippen LogP contribution in [0.1, 0.15) is 17.8 Å². The third kappa shape index (κ3) is 4.72. The molecule has 0 saturated carbocycles. The Labute approximate surface area is 108 Å². The fourth-order valence-electron chi connectivity index (χ4n) is 1.18. The van der Waals surface area contributed by atoms with Crippen molar-refractivity contribution < 1.29 is 9.59 Å². The van der Waals surface area contributed by atoms with Crippen molar-refractivity contribution in [3.05, 3.63) is 21.3 Å². The molecule has 17 heavy (non-hydrogen) atoms. The molecule has 7 heteroatoms. The van der Waals surface area contributed by atoms with E-state index in [-0.39, 0.29) is 30.9 Å². The number of carbonyl (C=O) groups excluding carboxylic acids is 2. The Balaban J connectivity index is 2.38. The van der Waals surface area contributed by atoms with Gasteiger partial charge in [0.1, 0.15) is 0 Å². The van der Waals surface area contributed by atoms with Gasteiger partial charge in [-0.25, -0.2) is 0 Å². The SMILES string of the molecule is CC(NC(=O)CNC(=O)CN)c1ccc(Cl)s1. The number of amides is 2. The maximum atomic E-state index is 11.5. The van der Waals surface area contributed by atoms with Gasteiger partial charge < -0.3 is 16.4 Å². The predicted molar refractivity (Wildman–Crippen MR) is 68.0 cm³/mol. The Bertz CT molecular complexity index is 408. The molecule has 4 N–H and O–H groups in total. The number of carbonyl (C=O) groups is 2. The highest BCUT2D eigenvalue weighted by Crippen LogP contribution is 2.26. The minimum absolute atomic E-state index is 0.0700. The molecule has 1 heterocycles. The number of thiophene rings is 1. The summed E-state index contributed by atoms with van der Waals surface area (Å²) in [5.41, 5.74) is 5.10. The van der Waals surface area contributed by atoms with Crippen LogP contribution in [0.5, 0.6) is 0 Å². The van der Waals surface area contributed by atoms with Crippen LogP contribution in [0, 0.1) is 0 Å². The van der Waals surface area contributed by atoms with Crippen molar-refractivity contribution in [2.75, 3.05) is 13.1 Å². The summed E-state index contributed by atoms with van der Waals surface area (Å²) in [4.78, 5) is 23.3. The quantitative estimate of drug-likeness (QED) is 0.738. The lowest BCUT2D eigenvalue weighted by atomic mass is 10.3. The van der Waals surface area contributed by atoms with Crippen molar-refractivity contribution in [3.63, 3.8) is 0 Å². The molecular formula is C10H14ClN3O2S. The van der Waals surface area contributed by atoms with E-state index < -0.39 is 0 Å². The number of rotatable bonds is 5. The van der Waals surface area contributed by atoms with Gasteiger partial charge in [0, 0.05) is 4.88 Å². The Hall–Kier alpha value is -1.11. The maximum absolute atomic E-state index is 11.5. The summed E-state index contributed by atoms with van der Waals surface area (Å²) in [5.74, 6) is -0.615. The van der Waals surface area contributed by atoms with Crippen LogP contribution < -0.4 is 16.4 Å². The van der Waals surface area contributed by atoms with Gasteiger partial charge in [0.25, 0.3) is 0 Å². The van der Waals surface area contributed by atoms with Crippen LogP contribution in [0.4, 0.5) is 0 Å². The van der Waals surface area contributed by atoms with E-state index >= 15 is 0 Å². The molecule has 1 unspecified atom stereocenters. The molecule has 5 nitrogen and oxygen atoms in total. The minimum atomic E-state index is -0.355. The van der Waals surface area contributed by atoms with Crippen molar-refractivity contribution in [2.45, 2.75) is 13.0 Å². The van der Waals surface area contributed by atoms with Crippen LogP contribution in [-0.2, 0) is 9.59 Å². The zero-order valence-electron chi connectivity index (χ0n) is 9.33. The smallest absolute Gasteiger partial charge is 0.239 e. The second-order valence-corrected chi connectivity index (χ2v) is 5.16. The first kappa shape index (κ1) is 14.0. The molecule has 0 aliphatic carbocycles. The fourth-order valence-corrected chi connectivity index (χ4v) is 2.24. The lowest BCUT2D eigenvalue weighted by Crippen LogP contribution is -2.40. The predicted octanol–water partition coefficient (Wildman–Crippen LogP) is 0.654. The van der Waals surface area contributed by atoms with Gasteiger partial charge in [-0.1, -0.05) is 11.6 Å². The molecule has 0 aliphatic heterocycles. The van der Waals surface area contributed by atoms with E-state index in [1.807, 2.05) is 13.0 Å². The second kappa shape index (κ2) is 6.58. The first-order valence-electron chi connectivity index (χ1n) is 5.04. The second-order valence-electron chi connectivity index (χ2n) is 3.41. The van der Waals surface area contributed by atoms with Crippen LogP contribution in [0.2, 0.25) is 4.34 Å². The molecule has 0 saturated heterocycles. The average molecular weight is 276 g/mol. The van der Waals surface area contributed by atoms with Gasteiger partial charge in [-0.2, -0.15) is 0 Å². The summed E-state index contributed by atoms with van der Waals surface area (Å²) in [7, 11) is 0. The number of nitrogens with two attached hydrogens (primary N) is 1. The molecule has 1 aromatic rings. The summed E-state index contributed by atoms with van der Waals surface area (Å²) < 4.78 is 0.678. The molecule has 0 radical (unpaired) electrons. The normalized spacial score (nSPS) is 11.9. The minimum Gasteiger partial charge on any atom is -0.347 e. The average Bonchev–Trinajstić information content (AvgIpc) is 2.72. The highest BCUT2D eigenvalue weighted by Gasteiger charge is 2.11. The zero-order valence-corrected chi connectivity index (χ0v) is 10.9. The Morgan fingerprint density at radius 1 is 1.47 bits per heavy atom. The lowest BCUT2D eigenvalue weighted by molar-refractivity contribution is -0.125. The molecule has 2 amide bonds. The first-order chi connectivity index (χ1) is 8.02. The van der Waals surface area contributed by atoms with E-state index in [1.165, 1.54) is 11.3 Å². The van der Waals surface area contributed by atoms with Crippen LogP contribution in [0.25, 0.3) is 0 Å². The molecule has 0 aromatic carbocycles. The van der Waals surface area contributed by atoms with Gasteiger partial charge in [-0.3, -0.25) is 9.59 Å². The summed E-state index contributed by atoms with van der Waals surface area (Å²) in [6, 6.07) is 3.51. The lowest BCUT2D eigenvalue weighted by Gasteiger charge is -2.12. The largest absolute Gasteiger partial charge is 0.347 e. The van der Waals surface area contributed by atoms with Crippen LogP contribution >= 0.6 is 22.9 Å². The Kier molecular flexibility index (Phi) is 5.40. The van der Waals surface area contributed by atoms with E-state index in [1.54, 1.807) is 6.07 Å². The van der Waals surface area contributed by atoms with Gasteiger partial charge in [-0.15, -0.1) is 11.3 Å². The standard InChI is InChI=1S/C10H14ClN3O2S/c1-6(7-2-3-8(11)17-7)14-10(16)5-13-9(15)4-12/h2-3,6H,4-5,12H2,1H3,(H,13,15)(H,14,16). The highest BCUT2D eigenvalue weighted by molar-refractivity contribution is 7.16. The molecule has 1 aromatic heterocycles. The highest BCUT2D eigenvalue weighted by atomic mass is 35.5. The molecule has 1 atom stereocenters. The van der Waals surface area contributed by atoms with Crippen molar-refractivity contribution in [2.24, 2.45) is 5.73 Å². The zero-order chi connectivity index (χ0) is 12.8. The van der Waals surface area contributed by atoms with E-state index in [0.29, 0.717) is 4.34 Å². The molecular weight excluding hydrogens is 262 g/mol. The first-order valence-corrected chi connectivity index (χ1v) is 6.23. The topological polar surface area (TPSA) is 84.2 Å². The number of halogens is 1. The molecule has 0 aliphatic rings. The Morgan fingerprint density at radius 3 is 2.71 bits per heavy atom. The third-order valence-electron chi connectivity index (χ3n) is 2.03. The maximum Gasteiger partial charge on any atom is 0.239 e. The van der Waals surface area contributed by atoms with E-state index in [0.717, 1.165) is 4.88 Å². The van der Waals surface area contributed by atoms with Gasteiger partial charge in [0.2, 0.25) is 11.8 Å². The summed E-state index contributed by atoms with van der Waals surface area (Å²) in [6.07, 6.45) is 0. The van der Waals surface area contributed by atoms with Crippen molar-refractivity contribution in [3.8, 4) is 0 Å². The molecule has 0 fully saturated rings. The van der Waals surface area contributed by atoms with E-state index in [9.17, 15) is 9.59 Å². The monoisotopic (exact) mass is 275 g/mol. The number of hydrogen-bond acceptors (Lipinski definition) is 4. The van der Waals surface area contributed by atoms with Crippen LogP contribution in [0.15, 0.2) is 12.1 Å². The third-order valence-corrected chi connectivity index (χ3v) is 3.44. The van der Waals surface area contributed by atoms with Crippen LogP contribution in [-0.4, -0.2) is 24.9 Å². The molecule has 94 valence electrons.